The molecule has 1 rings (SSSR count). The number of hydroxylamine groups is 1. The van der Waals surface area contributed by atoms with Gasteiger partial charge >= 0.3 is 0 Å². The molecule has 0 saturated heterocycles. The summed E-state index contributed by atoms with van der Waals surface area (Å²) in [6.45, 7) is -0.662. The van der Waals surface area contributed by atoms with Gasteiger partial charge in [-0.15, -0.1) is 0 Å². The van der Waals surface area contributed by atoms with Crippen LogP contribution >= 0.6 is 0 Å². The molecule has 1 aromatic rings. The van der Waals surface area contributed by atoms with Crippen molar-refractivity contribution in [3.05, 3.63) is 35.9 Å². The molecular formula is C10H12FNO3. The van der Waals surface area contributed by atoms with Gasteiger partial charge in [-0.1, -0.05) is 30.3 Å². The summed E-state index contributed by atoms with van der Waals surface area (Å²) in [4.78, 5) is 14.4. The zero-order chi connectivity index (χ0) is 11.1. The van der Waals surface area contributed by atoms with E-state index in [4.69, 9.17) is 5.21 Å². The Kier molecular flexibility index (Phi) is 4.89. The number of nitrogens with one attached hydrogen (secondary N) is 1. The summed E-state index contributed by atoms with van der Waals surface area (Å²) in [5, 5.41) is 8.74. The Labute approximate surface area is 86.5 Å². The molecule has 1 atom stereocenters. The van der Waals surface area contributed by atoms with Crippen molar-refractivity contribution in [2.24, 2.45) is 0 Å². The molecule has 2 N–H and O–H groups in total. The third-order valence-electron chi connectivity index (χ3n) is 2.02. The van der Waals surface area contributed by atoms with Crippen molar-refractivity contribution in [1.82, 2.24) is 5.48 Å². The van der Waals surface area contributed by atoms with E-state index in [-0.39, 0.29) is 0 Å². The maximum atomic E-state index is 11.4. The lowest BCUT2D eigenvalue weighted by Crippen LogP contribution is -2.38. The number of halogens is 1. The minimum absolute atomic E-state index is 0.291. The Morgan fingerprint density at radius 3 is 2.67 bits per heavy atom. The predicted molar refractivity (Wildman–Crippen MR) is 50.9 cm³/mol. The molecule has 5 heteroatoms. The number of Topliss-reactive ketones (excluding diaryl/α,β-unsaturated/α-hetero) is 1. The van der Waals surface area contributed by atoms with Crippen molar-refractivity contribution in [3.63, 3.8) is 0 Å². The predicted octanol–water partition coefficient (Wildman–Crippen LogP) is 1.05. The van der Waals surface area contributed by atoms with Crippen molar-refractivity contribution in [2.45, 2.75) is 12.5 Å². The van der Waals surface area contributed by atoms with Crippen LogP contribution in [-0.2, 0) is 16.2 Å². The van der Waals surface area contributed by atoms with E-state index in [1.165, 1.54) is 0 Å². The minimum Gasteiger partial charge on any atom is -0.316 e. The molecule has 0 fully saturated rings. The average molecular weight is 213 g/mol. The van der Waals surface area contributed by atoms with Crippen LogP contribution in [-0.4, -0.2) is 23.6 Å². The van der Waals surface area contributed by atoms with E-state index < -0.39 is 18.4 Å². The van der Waals surface area contributed by atoms with Gasteiger partial charge in [0.1, 0.15) is 6.61 Å². The van der Waals surface area contributed by atoms with Gasteiger partial charge in [0.15, 0.2) is 5.78 Å². The highest BCUT2D eigenvalue weighted by atomic mass is 19.3. The summed E-state index contributed by atoms with van der Waals surface area (Å²) >= 11 is 0. The summed E-state index contributed by atoms with van der Waals surface area (Å²) in [6.07, 6.45) is 0.291. The standard InChI is InChI=1S/C10H12FNO3/c11-15-7-10(13)9(12-14)6-8-4-2-1-3-5-8/h1-5,9,12,14H,6-7H2/t9-/m0/s1. The van der Waals surface area contributed by atoms with Crippen LogP contribution < -0.4 is 5.48 Å². The average Bonchev–Trinajstić information content (AvgIpc) is 2.27. The summed E-state index contributed by atoms with van der Waals surface area (Å²) in [5.41, 5.74) is 2.71. The Morgan fingerprint density at radius 1 is 1.47 bits per heavy atom. The van der Waals surface area contributed by atoms with Crippen molar-refractivity contribution < 1.29 is 19.5 Å². The second kappa shape index (κ2) is 6.23. The first-order valence-electron chi connectivity index (χ1n) is 4.47. The van der Waals surface area contributed by atoms with Gasteiger partial charge < -0.3 is 5.21 Å². The zero-order valence-electron chi connectivity index (χ0n) is 8.02. The molecule has 0 saturated carbocycles. The SMILES string of the molecule is O=C(COF)[C@H](Cc1ccccc1)NO. The fourth-order valence-corrected chi connectivity index (χ4v) is 1.24. The maximum Gasteiger partial charge on any atom is 0.181 e. The fourth-order valence-electron chi connectivity index (χ4n) is 1.24. The number of rotatable bonds is 6. The van der Waals surface area contributed by atoms with E-state index in [1.54, 1.807) is 0 Å². The van der Waals surface area contributed by atoms with Gasteiger partial charge in [0.2, 0.25) is 0 Å². The van der Waals surface area contributed by atoms with Crippen LogP contribution in [0.1, 0.15) is 5.56 Å². The van der Waals surface area contributed by atoms with E-state index in [9.17, 15) is 9.32 Å². The van der Waals surface area contributed by atoms with Crippen LogP contribution in [0, 0.1) is 0 Å². The normalized spacial score (nSPS) is 12.4. The first-order chi connectivity index (χ1) is 7.27. The van der Waals surface area contributed by atoms with Crippen LogP contribution in [0.3, 0.4) is 0 Å². The van der Waals surface area contributed by atoms with Crippen molar-refractivity contribution in [3.8, 4) is 0 Å². The van der Waals surface area contributed by atoms with Crippen LogP contribution in [0.4, 0.5) is 4.53 Å². The molecule has 0 heterocycles. The van der Waals surface area contributed by atoms with Crippen molar-refractivity contribution in [2.75, 3.05) is 6.61 Å². The number of benzene rings is 1. The minimum atomic E-state index is -0.844. The number of carbonyl (C=O) groups excluding carboxylic acids is 1. The van der Waals surface area contributed by atoms with E-state index in [2.05, 4.69) is 4.94 Å². The largest absolute Gasteiger partial charge is 0.316 e. The Balaban J connectivity index is 2.58. The van der Waals surface area contributed by atoms with Gasteiger partial charge in [0.05, 0.1) is 6.04 Å². The Bertz CT molecular complexity index is 305. The molecule has 0 radical (unpaired) electrons. The molecule has 0 aliphatic rings. The van der Waals surface area contributed by atoms with E-state index in [1.807, 2.05) is 35.8 Å². The van der Waals surface area contributed by atoms with Gasteiger partial charge in [-0.2, -0.15) is 10.4 Å². The maximum absolute atomic E-state index is 11.4. The van der Waals surface area contributed by atoms with Crippen LogP contribution in [0.15, 0.2) is 30.3 Å². The number of hydrogen-bond donors (Lipinski definition) is 2. The molecule has 0 spiro atoms. The molecule has 0 aliphatic carbocycles. The molecule has 0 unspecified atom stereocenters. The molecule has 0 amide bonds. The summed E-state index contributed by atoms with van der Waals surface area (Å²) in [6, 6.07) is 8.27. The highest BCUT2D eigenvalue weighted by molar-refractivity contribution is 5.85. The van der Waals surface area contributed by atoms with E-state index in [0.717, 1.165) is 5.56 Å². The van der Waals surface area contributed by atoms with Gasteiger partial charge in [-0.05, 0) is 16.5 Å². The van der Waals surface area contributed by atoms with Crippen molar-refractivity contribution >= 4 is 5.78 Å². The van der Waals surface area contributed by atoms with Gasteiger partial charge in [-0.3, -0.25) is 4.79 Å². The van der Waals surface area contributed by atoms with Crippen molar-refractivity contribution in [1.29, 1.82) is 0 Å². The second-order valence-corrected chi connectivity index (χ2v) is 3.09. The monoisotopic (exact) mass is 213 g/mol. The second-order valence-electron chi connectivity index (χ2n) is 3.09. The first kappa shape index (κ1) is 11.8. The van der Waals surface area contributed by atoms with Crippen LogP contribution in [0.2, 0.25) is 0 Å². The Hall–Kier alpha value is -1.30. The number of ketones is 1. The third kappa shape index (κ3) is 3.75. The van der Waals surface area contributed by atoms with E-state index >= 15 is 0 Å². The van der Waals surface area contributed by atoms with E-state index in [0.29, 0.717) is 6.42 Å². The molecule has 15 heavy (non-hydrogen) atoms. The number of carbonyl (C=O) groups is 1. The lowest BCUT2D eigenvalue weighted by Gasteiger charge is -2.12. The molecule has 1 aromatic carbocycles. The lowest BCUT2D eigenvalue weighted by molar-refractivity contribution is -0.158. The molecule has 0 aliphatic heterocycles. The van der Waals surface area contributed by atoms with Gasteiger partial charge in [0.25, 0.3) is 0 Å². The highest BCUT2D eigenvalue weighted by Gasteiger charge is 2.18. The zero-order valence-corrected chi connectivity index (χ0v) is 8.02. The van der Waals surface area contributed by atoms with Crippen LogP contribution in [0.5, 0.6) is 0 Å². The smallest absolute Gasteiger partial charge is 0.181 e. The fraction of sp³-hybridized carbons (Fsp3) is 0.300. The topological polar surface area (TPSA) is 58.6 Å². The van der Waals surface area contributed by atoms with Gasteiger partial charge in [-0.25, -0.2) is 0 Å². The summed E-state index contributed by atoms with van der Waals surface area (Å²) < 4.78 is 11.4. The first-order valence-corrected chi connectivity index (χ1v) is 4.47. The lowest BCUT2D eigenvalue weighted by atomic mass is 10.0. The van der Waals surface area contributed by atoms with Gasteiger partial charge in [0, 0.05) is 0 Å². The summed E-state index contributed by atoms with van der Waals surface area (Å²) in [5.74, 6) is -0.538. The molecule has 0 aromatic heterocycles. The molecular weight excluding hydrogens is 201 g/mol. The Morgan fingerprint density at radius 2 is 2.13 bits per heavy atom. The van der Waals surface area contributed by atoms with Crippen LogP contribution in [0.25, 0.3) is 0 Å². The molecule has 82 valence electrons. The summed E-state index contributed by atoms with van der Waals surface area (Å²) in [7, 11) is 0. The molecule has 4 nitrogen and oxygen atoms in total. The highest BCUT2D eigenvalue weighted by Crippen LogP contribution is 2.03. The third-order valence-corrected chi connectivity index (χ3v) is 2.02. The molecule has 0 bridgehead atoms. The number of hydrogen-bond acceptors (Lipinski definition) is 4. The quantitative estimate of drug-likeness (QED) is 0.693.